The number of para-hydroxylation sites is 1. The van der Waals surface area contributed by atoms with Crippen molar-refractivity contribution >= 4 is 35.4 Å². The molecule has 0 spiro atoms. The van der Waals surface area contributed by atoms with Crippen molar-refractivity contribution in [3.05, 3.63) is 29.8 Å². The molecule has 7 N–H and O–H groups in total. The van der Waals surface area contributed by atoms with E-state index in [0.29, 0.717) is 19.8 Å². The second kappa shape index (κ2) is 17.3. The number of nitrogens with two attached hydrogens (primary N) is 1. The van der Waals surface area contributed by atoms with Crippen LogP contribution in [0.4, 0.5) is 0 Å². The van der Waals surface area contributed by atoms with Gasteiger partial charge in [-0.1, -0.05) is 26.0 Å². The Balaban J connectivity index is 1.88. The fourth-order valence-corrected chi connectivity index (χ4v) is 4.88. The van der Waals surface area contributed by atoms with Crippen LogP contribution in [0.15, 0.2) is 24.3 Å². The van der Waals surface area contributed by atoms with Gasteiger partial charge in [-0.2, -0.15) is 0 Å². The zero-order valence-corrected chi connectivity index (χ0v) is 26.1. The molecular formula is C30H45N7O8. The van der Waals surface area contributed by atoms with E-state index < -0.39 is 66.0 Å². The van der Waals surface area contributed by atoms with E-state index in [1.165, 1.54) is 6.07 Å². The van der Waals surface area contributed by atoms with Crippen LogP contribution in [-0.4, -0.2) is 111 Å². The number of nitrogens with zero attached hydrogens (tertiary/aromatic N) is 1. The van der Waals surface area contributed by atoms with E-state index in [1.807, 2.05) is 0 Å². The van der Waals surface area contributed by atoms with Gasteiger partial charge < -0.3 is 41.8 Å². The Morgan fingerprint density at radius 2 is 1.73 bits per heavy atom. The van der Waals surface area contributed by atoms with Crippen molar-refractivity contribution in [1.29, 1.82) is 0 Å². The SMILES string of the molecule is CC(C)[C@H]1NC(=O)[C@H](CCC(N)=O)NC(=O)C[C@@H](C(=O)NCCN2CCOCC2)NC(=O)c2ccccc2OC[C@H](C)NC1=O. The van der Waals surface area contributed by atoms with Crippen LogP contribution in [-0.2, 0) is 28.7 Å². The monoisotopic (exact) mass is 631 g/mol. The van der Waals surface area contributed by atoms with Crippen LogP contribution in [0.3, 0.4) is 0 Å². The molecule has 0 radical (unpaired) electrons. The molecule has 15 heteroatoms. The van der Waals surface area contributed by atoms with Crippen molar-refractivity contribution in [3.63, 3.8) is 0 Å². The number of rotatable bonds is 8. The second-order valence-corrected chi connectivity index (χ2v) is 11.5. The summed E-state index contributed by atoms with van der Waals surface area (Å²) >= 11 is 0. The smallest absolute Gasteiger partial charge is 0.255 e. The van der Waals surface area contributed by atoms with Gasteiger partial charge in [-0.25, -0.2) is 0 Å². The average molecular weight is 632 g/mol. The summed E-state index contributed by atoms with van der Waals surface area (Å²) in [4.78, 5) is 80.2. The van der Waals surface area contributed by atoms with Crippen LogP contribution in [0, 0.1) is 5.92 Å². The van der Waals surface area contributed by atoms with Gasteiger partial charge in [-0.3, -0.25) is 33.7 Å². The molecule has 0 aliphatic carbocycles. The average Bonchev–Trinajstić information content (AvgIpc) is 3.00. The molecular weight excluding hydrogens is 586 g/mol. The topological polar surface area (TPSA) is 210 Å². The highest BCUT2D eigenvalue weighted by Crippen LogP contribution is 2.19. The van der Waals surface area contributed by atoms with E-state index in [-0.39, 0.29) is 43.2 Å². The molecule has 2 heterocycles. The summed E-state index contributed by atoms with van der Waals surface area (Å²) in [5.74, 6) is -3.95. The van der Waals surface area contributed by atoms with Gasteiger partial charge in [0.25, 0.3) is 5.91 Å². The molecule has 6 amide bonds. The van der Waals surface area contributed by atoms with Crippen molar-refractivity contribution < 1.29 is 38.2 Å². The lowest BCUT2D eigenvalue weighted by atomic mass is 10.0. The number of nitrogens with one attached hydrogen (secondary N) is 5. The first-order chi connectivity index (χ1) is 21.4. The second-order valence-electron chi connectivity index (χ2n) is 11.5. The maximum Gasteiger partial charge on any atom is 0.255 e. The summed E-state index contributed by atoms with van der Waals surface area (Å²) in [5, 5.41) is 13.4. The van der Waals surface area contributed by atoms with Crippen LogP contribution >= 0.6 is 0 Å². The van der Waals surface area contributed by atoms with Gasteiger partial charge in [0.1, 0.15) is 30.5 Å². The van der Waals surface area contributed by atoms with E-state index in [1.54, 1.807) is 39.0 Å². The molecule has 248 valence electrons. The number of amides is 6. The normalized spacial score (nSPS) is 24.2. The number of morpholine rings is 1. The Labute approximate surface area is 262 Å². The first-order valence-electron chi connectivity index (χ1n) is 15.2. The van der Waals surface area contributed by atoms with Gasteiger partial charge in [0, 0.05) is 32.6 Å². The molecule has 1 saturated heterocycles. The molecule has 0 saturated carbocycles. The largest absolute Gasteiger partial charge is 0.491 e. The van der Waals surface area contributed by atoms with Crippen molar-refractivity contribution in [2.45, 2.75) is 64.2 Å². The number of carbonyl (C=O) groups excluding carboxylic acids is 6. The lowest BCUT2D eigenvalue weighted by Crippen LogP contribution is -2.57. The number of hydrogen-bond donors (Lipinski definition) is 6. The minimum Gasteiger partial charge on any atom is -0.491 e. The van der Waals surface area contributed by atoms with Gasteiger partial charge >= 0.3 is 0 Å². The minimum atomic E-state index is -1.31. The standard InChI is InChI=1S/C30H45N7O8/c1-18(2)26-30(43)33-19(3)17-45-23-7-5-4-6-20(23)27(40)35-22(28(41)32-10-11-37-12-14-44-15-13-37)16-25(39)34-21(29(42)36-26)8-9-24(31)38/h4-7,18-19,21-22,26H,8-17H2,1-3H3,(H2,31,38)(H,32,41)(H,33,43)(H,34,39)(H,35,40)(H,36,42)/t19-,21-,22-,26+/m0/s1. The van der Waals surface area contributed by atoms with Crippen molar-refractivity contribution in [2.75, 3.05) is 46.0 Å². The Morgan fingerprint density at radius 3 is 2.42 bits per heavy atom. The first-order valence-corrected chi connectivity index (χ1v) is 15.2. The highest BCUT2D eigenvalue weighted by atomic mass is 16.5. The third-order valence-corrected chi connectivity index (χ3v) is 7.43. The van der Waals surface area contributed by atoms with E-state index >= 15 is 0 Å². The molecule has 0 bridgehead atoms. The zero-order chi connectivity index (χ0) is 32.9. The molecule has 2 aliphatic rings. The molecule has 2 aliphatic heterocycles. The first kappa shape index (κ1) is 35.2. The van der Waals surface area contributed by atoms with E-state index in [9.17, 15) is 28.8 Å². The molecule has 45 heavy (non-hydrogen) atoms. The van der Waals surface area contributed by atoms with Gasteiger partial charge in [0.15, 0.2) is 0 Å². The van der Waals surface area contributed by atoms with Crippen LogP contribution in [0.5, 0.6) is 5.75 Å². The molecule has 0 aromatic heterocycles. The summed E-state index contributed by atoms with van der Waals surface area (Å²) < 4.78 is 11.2. The lowest BCUT2D eigenvalue weighted by molar-refractivity contribution is -0.134. The molecule has 0 unspecified atom stereocenters. The maximum absolute atomic E-state index is 13.4. The number of primary amides is 1. The van der Waals surface area contributed by atoms with Crippen LogP contribution in [0.25, 0.3) is 0 Å². The van der Waals surface area contributed by atoms with Gasteiger partial charge in [0.05, 0.1) is 31.2 Å². The number of carbonyl (C=O) groups is 6. The minimum absolute atomic E-state index is 0.00152. The van der Waals surface area contributed by atoms with Crippen molar-refractivity contribution in [2.24, 2.45) is 11.7 Å². The van der Waals surface area contributed by atoms with E-state index in [4.69, 9.17) is 15.2 Å². The van der Waals surface area contributed by atoms with E-state index in [2.05, 4.69) is 31.5 Å². The van der Waals surface area contributed by atoms with Crippen LogP contribution in [0.2, 0.25) is 0 Å². The fourth-order valence-electron chi connectivity index (χ4n) is 4.88. The number of hydrogen-bond acceptors (Lipinski definition) is 9. The van der Waals surface area contributed by atoms with Gasteiger partial charge in [0.2, 0.25) is 29.5 Å². The number of benzene rings is 1. The Morgan fingerprint density at radius 1 is 1.02 bits per heavy atom. The third-order valence-electron chi connectivity index (χ3n) is 7.43. The third kappa shape index (κ3) is 11.3. The number of fused-ring (bicyclic) bond motifs is 1. The number of ether oxygens (including phenoxy) is 2. The summed E-state index contributed by atoms with van der Waals surface area (Å²) in [6, 6.07) is 2.38. The quantitative estimate of drug-likeness (QED) is 0.195. The maximum atomic E-state index is 13.4. The van der Waals surface area contributed by atoms with Crippen molar-refractivity contribution in [3.8, 4) is 5.75 Å². The van der Waals surface area contributed by atoms with Crippen LogP contribution in [0.1, 0.15) is 50.4 Å². The highest BCUT2D eigenvalue weighted by molar-refractivity contribution is 6.01. The molecule has 1 aromatic rings. The Kier molecular flexibility index (Phi) is 13.5. The van der Waals surface area contributed by atoms with Gasteiger partial charge in [-0.15, -0.1) is 0 Å². The summed E-state index contributed by atoms with van der Waals surface area (Å²) in [6.07, 6.45) is -0.867. The molecule has 1 fully saturated rings. The van der Waals surface area contributed by atoms with E-state index in [0.717, 1.165) is 13.1 Å². The molecule has 4 atom stereocenters. The molecule has 3 rings (SSSR count). The molecule has 15 nitrogen and oxygen atoms in total. The highest BCUT2D eigenvalue weighted by Gasteiger charge is 2.32. The summed E-state index contributed by atoms with van der Waals surface area (Å²) in [6.45, 7) is 8.67. The predicted octanol–water partition coefficient (Wildman–Crippen LogP) is -1.59. The fraction of sp³-hybridized carbons (Fsp3) is 0.600. The molecule has 1 aromatic carbocycles. The Hall–Kier alpha value is -4.24. The summed E-state index contributed by atoms with van der Waals surface area (Å²) in [5.41, 5.74) is 5.43. The zero-order valence-electron chi connectivity index (χ0n) is 26.1. The van der Waals surface area contributed by atoms with Gasteiger partial charge in [-0.05, 0) is 31.4 Å². The summed E-state index contributed by atoms with van der Waals surface area (Å²) in [7, 11) is 0. The predicted molar refractivity (Wildman–Crippen MR) is 163 cm³/mol. The lowest BCUT2D eigenvalue weighted by Gasteiger charge is -2.27. The Bertz CT molecular complexity index is 1220. The van der Waals surface area contributed by atoms with Crippen molar-refractivity contribution in [1.82, 2.24) is 31.5 Å². The van der Waals surface area contributed by atoms with Crippen LogP contribution < -0.4 is 37.1 Å².